The molecule has 3 aliphatic heterocycles. The summed E-state index contributed by atoms with van der Waals surface area (Å²) in [5.74, 6) is 0.259. The Morgan fingerprint density at radius 2 is 1.71 bits per heavy atom. The van der Waals surface area contributed by atoms with Crippen molar-refractivity contribution in [3.05, 3.63) is 41.1 Å². The van der Waals surface area contributed by atoms with E-state index in [0.717, 1.165) is 51.9 Å². The molecule has 3 heterocycles. The number of hydrogen-bond acceptors (Lipinski definition) is 4. The number of likely N-dealkylation sites (tertiary alicyclic amines) is 2. The van der Waals surface area contributed by atoms with Gasteiger partial charge in [-0.05, 0) is 55.9 Å². The third kappa shape index (κ3) is 3.78. The quantitative estimate of drug-likeness (QED) is 0.712. The fraction of sp³-hybridized carbons (Fsp3) is 0.476. The number of anilines is 1. The Morgan fingerprint density at radius 1 is 1.00 bits per heavy atom. The fourth-order valence-electron chi connectivity index (χ4n) is 4.26. The molecule has 0 unspecified atom stereocenters. The summed E-state index contributed by atoms with van der Waals surface area (Å²) in [5.41, 5.74) is 1.02. The Hall–Kier alpha value is -2.34. The van der Waals surface area contributed by atoms with Crippen LogP contribution in [0.25, 0.3) is 0 Å². The molecule has 2 fully saturated rings. The SMILES string of the molecule is O=C1CCCN1CCC1CCN(C2=CC(=O)N(c3ccc(Cl)cc3)C2=O)CC1. The molecule has 3 aliphatic rings. The highest BCUT2D eigenvalue weighted by Crippen LogP contribution is 2.29. The van der Waals surface area contributed by atoms with Crippen molar-refractivity contribution in [2.75, 3.05) is 31.1 Å². The molecule has 3 amide bonds. The summed E-state index contributed by atoms with van der Waals surface area (Å²) in [5, 5.41) is 0.564. The van der Waals surface area contributed by atoms with Crippen LogP contribution in [-0.2, 0) is 14.4 Å². The maximum Gasteiger partial charge on any atom is 0.281 e. The van der Waals surface area contributed by atoms with Gasteiger partial charge in [-0.3, -0.25) is 14.4 Å². The molecule has 148 valence electrons. The zero-order valence-corrected chi connectivity index (χ0v) is 16.5. The van der Waals surface area contributed by atoms with Crippen LogP contribution in [0.3, 0.4) is 0 Å². The number of nitrogens with zero attached hydrogens (tertiary/aromatic N) is 3. The normalized spacial score (nSPS) is 21.1. The smallest absolute Gasteiger partial charge is 0.281 e. The molecule has 6 nitrogen and oxygen atoms in total. The van der Waals surface area contributed by atoms with Crippen molar-refractivity contribution in [2.24, 2.45) is 5.92 Å². The van der Waals surface area contributed by atoms with Crippen LogP contribution in [0.4, 0.5) is 5.69 Å². The van der Waals surface area contributed by atoms with Gasteiger partial charge in [0.1, 0.15) is 5.70 Å². The lowest BCUT2D eigenvalue weighted by Crippen LogP contribution is -2.39. The molecule has 0 radical (unpaired) electrons. The highest BCUT2D eigenvalue weighted by Gasteiger charge is 2.36. The summed E-state index contributed by atoms with van der Waals surface area (Å²) in [6, 6.07) is 6.71. The van der Waals surface area contributed by atoms with E-state index in [2.05, 4.69) is 0 Å². The predicted molar refractivity (Wildman–Crippen MR) is 107 cm³/mol. The van der Waals surface area contributed by atoms with Crippen LogP contribution in [0.2, 0.25) is 5.02 Å². The summed E-state index contributed by atoms with van der Waals surface area (Å²) in [6.07, 6.45) is 6.07. The average Bonchev–Trinajstić information content (AvgIpc) is 3.24. The number of carbonyl (C=O) groups excluding carboxylic acids is 3. The number of piperidine rings is 1. The van der Waals surface area contributed by atoms with Crippen LogP contribution in [0.15, 0.2) is 36.0 Å². The van der Waals surface area contributed by atoms with Gasteiger partial charge in [0.25, 0.3) is 11.8 Å². The summed E-state index contributed by atoms with van der Waals surface area (Å²) in [6.45, 7) is 3.26. The minimum atomic E-state index is -0.308. The second-order valence-electron chi connectivity index (χ2n) is 7.69. The molecule has 0 aliphatic carbocycles. The Balaban J connectivity index is 1.32. The van der Waals surface area contributed by atoms with Gasteiger partial charge in [-0.1, -0.05) is 11.6 Å². The molecule has 28 heavy (non-hydrogen) atoms. The van der Waals surface area contributed by atoms with Gasteiger partial charge in [-0.15, -0.1) is 0 Å². The van der Waals surface area contributed by atoms with Crippen molar-refractivity contribution in [3.8, 4) is 0 Å². The van der Waals surface area contributed by atoms with Gasteiger partial charge in [0.15, 0.2) is 0 Å². The van der Waals surface area contributed by atoms with Crippen LogP contribution in [0.1, 0.15) is 32.1 Å². The van der Waals surface area contributed by atoms with Gasteiger partial charge >= 0.3 is 0 Å². The lowest BCUT2D eigenvalue weighted by atomic mass is 9.93. The van der Waals surface area contributed by atoms with Crippen molar-refractivity contribution in [1.82, 2.24) is 9.80 Å². The topological polar surface area (TPSA) is 60.9 Å². The molecule has 0 N–H and O–H groups in total. The lowest BCUT2D eigenvalue weighted by Gasteiger charge is -2.34. The molecule has 0 spiro atoms. The van der Waals surface area contributed by atoms with E-state index >= 15 is 0 Å². The monoisotopic (exact) mass is 401 g/mol. The molecule has 4 rings (SSSR count). The number of halogens is 1. The van der Waals surface area contributed by atoms with Crippen LogP contribution in [-0.4, -0.2) is 53.7 Å². The number of carbonyl (C=O) groups is 3. The first kappa shape index (κ1) is 19.0. The third-order valence-corrected chi connectivity index (χ3v) is 6.17. The van der Waals surface area contributed by atoms with E-state index in [1.807, 2.05) is 9.80 Å². The molecule has 7 heteroatoms. The second-order valence-corrected chi connectivity index (χ2v) is 8.12. The van der Waals surface area contributed by atoms with Crippen LogP contribution < -0.4 is 4.90 Å². The second kappa shape index (κ2) is 7.95. The zero-order valence-electron chi connectivity index (χ0n) is 15.8. The van der Waals surface area contributed by atoms with E-state index in [1.54, 1.807) is 24.3 Å². The van der Waals surface area contributed by atoms with Crippen molar-refractivity contribution in [1.29, 1.82) is 0 Å². The van der Waals surface area contributed by atoms with E-state index < -0.39 is 0 Å². The van der Waals surface area contributed by atoms with Crippen molar-refractivity contribution < 1.29 is 14.4 Å². The molecule has 0 saturated carbocycles. The number of hydrogen-bond donors (Lipinski definition) is 0. The molecule has 0 aromatic heterocycles. The van der Waals surface area contributed by atoms with Crippen molar-refractivity contribution in [2.45, 2.75) is 32.1 Å². The minimum Gasteiger partial charge on any atom is -0.367 e. The number of rotatable bonds is 5. The van der Waals surface area contributed by atoms with Crippen LogP contribution >= 0.6 is 11.6 Å². The van der Waals surface area contributed by atoms with Crippen molar-refractivity contribution >= 4 is 35.0 Å². The number of imide groups is 1. The van der Waals surface area contributed by atoms with Gasteiger partial charge < -0.3 is 9.80 Å². The Bertz CT molecular complexity index is 813. The minimum absolute atomic E-state index is 0.270. The summed E-state index contributed by atoms with van der Waals surface area (Å²) >= 11 is 5.90. The van der Waals surface area contributed by atoms with Gasteiger partial charge in [-0.2, -0.15) is 0 Å². The molecular weight excluding hydrogens is 378 g/mol. The highest BCUT2D eigenvalue weighted by molar-refractivity contribution is 6.32. The Morgan fingerprint density at radius 3 is 2.36 bits per heavy atom. The zero-order chi connectivity index (χ0) is 19.7. The molecule has 1 aromatic carbocycles. The van der Waals surface area contributed by atoms with E-state index in [1.165, 1.54) is 11.0 Å². The number of benzene rings is 1. The van der Waals surface area contributed by atoms with E-state index in [-0.39, 0.29) is 17.7 Å². The number of amides is 3. The maximum absolute atomic E-state index is 12.8. The average molecular weight is 402 g/mol. The maximum atomic E-state index is 12.8. The van der Waals surface area contributed by atoms with Crippen LogP contribution in [0, 0.1) is 5.92 Å². The molecule has 2 saturated heterocycles. The third-order valence-electron chi connectivity index (χ3n) is 5.92. The lowest BCUT2D eigenvalue weighted by molar-refractivity contribution is -0.128. The molecular formula is C21H24ClN3O3. The fourth-order valence-corrected chi connectivity index (χ4v) is 4.39. The Labute approximate surface area is 169 Å². The van der Waals surface area contributed by atoms with Gasteiger partial charge in [0.05, 0.1) is 5.69 Å². The summed E-state index contributed by atoms with van der Waals surface area (Å²) in [4.78, 5) is 42.2. The van der Waals surface area contributed by atoms with Crippen LogP contribution in [0.5, 0.6) is 0 Å². The van der Waals surface area contributed by atoms with Gasteiger partial charge in [-0.25, -0.2) is 4.90 Å². The first-order chi connectivity index (χ1) is 13.5. The summed E-state index contributed by atoms with van der Waals surface area (Å²) in [7, 11) is 0. The first-order valence-corrected chi connectivity index (χ1v) is 10.3. The van der Waals surface area contributed by atoms with Gasteiger partial charge in [0, 0.05) is 43.7 Å². The van der Waals surface area contributed by atoms with E-state index in [0.29, 0.717) is 28.7 Å². The molecule has 1 aromatic rings. The predicted octanol–water partition coefficient (Wildman–Crippen LogP) is 2.82. The molecule has 0 bridgehead atoms. The summed E-state index contributed by atoms with van der Waals surface area (Å²) < 4.78 is 0. The first-order valence-electron chi connectivity index (χ1n) is 9.91. The van der Waals surface area contributed by atoms with Gasteiger partial charge in [0.2, 0.25) is 5.91 Å². The Kier molecular flexibility index (Phi) is 5.40. The van der Waals surface area contributed by atoms with E-state index in [4.69, 9.17) is 11.6 Å². The van der Waals surface area contributed by atoms with E-state index in [9.17, 15) is 14.4 Å². The van der Waals surface area contributed by atoms with Crippen molar-refractivity contribution in [3.63, 3.8) is 0 Å². The largest absolute Gasteiger partial charge is 0.367 e. The standard InChI is InChI=1S/C21H24ClN3O3/c22-16-3-5-17(6-4-16)25-20(27)14-18(21(25)28)23-11-7-15(8-12-23)9-13-24-10-1-2-19(24)26/h3-6,14-15H,1-2,7-13H2. The highest BCUT2D eigenvalue weighted by atomic mass is 35.5. The molecule has 0 atom stereocenters.